The Morgan fingerprint density at radius 1 is 1.05 bits per heavy atom. The molecule has 1 N–H and O–H groups in total. The van der Waals surface area contributed by atoms with Gasteiger partial charge in [0.15, 0.2) is 11.4 Å². The SMILES string of the molecule is Cc1ccc(CO[C@H]2C[C@](OCc3ccc(F)cc3F)(C(=O)NCC3CC3)C[C@H]3OC(C)(C)O[C@@H]23)cc1. The van der Waals surface area contributed by atoms with Crippen LogP contribution < -0.4 is 5.32 Å². The van der Waals surface area contributed by atoms with Crippen LogP contribution >= 0.6 is 0 Å². The van der Waals surface area contributed by atoms with Gasteiger partial charge in [0.2, 0.25) is 0 Å². The molecule has 0 radical (unpaired) electrons. The third-order valence-electron chi connectivity index (χ3n) is 7.42. The molecule has 1 saturated heterocycles. The number of fused-ring (bicyclic) bond motifs is 1. The van der Waals surface area contributed by atoms with E-state index in [0.29, 0.717) is 19.1 Å². The van der Waals surface area contributed by atoms with Gasteiger partial charge in [-0.1, -0.05) is 35.9 Å². The summed E-state index contributed by atoms with van der Waals surface area (Å²) in [5, 5.41) is 3.05. The fourth-order valence-corrected chi connectivity index (χ4v) is 5.17. The summed E-state index contributed by atoms with van der Waals surface area (Å²) in [7, 11) is 0. The molecule has 5 rings (SSSR count). The van der Waals surface area contributed by atoms with Crippen LogP contribution in [-0.4, -0.2) is 42.2 Å². The number of amides is 1. The number of rotatable bonds is 9. The summed E-state index contributed by atoms with van der Waals surface area (Å²) < 4.78 is 52.9. The molecule has 1 aliphatic heterocycles. The highest BCUT2D eigenvalue weighted by Gasteiger charge is 2.58. The van der Waals surface area contributed by atoms with Gasteiger partial charge in [-0.3, -0.25) is 4.79 Å². The van der Waals surface area contributed by atoms with E-state index in [2.05, 4.69) is 5.32 Å². The minimum Gasteiger partial charge on any atom is -0.371 e. The van der Waals surface area contributed by atoms with E-state index in [9.17, 15) is 13.6 Å². The topological polar surface area (TPSA) is 66.0 Å². The molecule has 0 aromatic heterocycles. The van der Waals surface area contributed by atoms with Crippen LogP contribution in [0.15, 0.2) is 42.5 Å². The first-order chi connectivity index (χ1) is 17.6. The molecule has 0 spiro atoms. The average Bonchev–Trinajstić information content (AvgIpc) is 3.62. The van der Waals surface area contributed by atoms with E-state index in [1.54, 1.807) is 0 Å². The van der Waals surface area contributed by atoms with Crippen LogP contribution in [-0.2, 0) is 37.0 Å². The van der Waals surface area contributed by atoms with Crippen molar-refractivity contribution in [1.29, 1.82) is 0 Å². The first-order valence-electron chi connectivity index (χ1n) is 13.0. The van der Waals surface area contributed by atoms with E-state index >= 15 is 0 Å². The smallest absolute Gasteiger partial charge is 0.252 e. The zero-order chi connectivity index (χ0) is 26.2. The largest absolute Gasteiger partial charge is 0.371 e. The van der Waals surface area contributed by atoms with Crippen molar-refractivity contribution in [2.75, 3.05) is 6.54 Å². The summed E-state index contributed by atoms with van der Waals surface area (Å²) >= 11 is 0. The van der Waals surface area contributed by atoms with Gasteiger partial charge in [0.1, 0.15) is 17.7 Å². The molecule has 8 heteroatoms. The lowest BCUT2D eigenvalue weighted by Crippen LogP contribution is -2.60. The molecular formula is C29H35F2NO5. The lowest BCUT2D eigenvalue weighted by atomic mass is 9.78. The molecular weight excluding hydrogens is 480 g/mol. The van der Waals surface area contributed by atoms with Gasteiger partial charge in [-0.15, -0.1) is 0 Å². The standard InChI is InChI=1S/C29H35F2NO5/c1-18-4-6-20(7-5-18)16-34-24-13-29(27(33)32-15-19-8-9-19,14-25-26(24)37-28(2,3)36-25)35-17-21-10-11-22(30)12-23(21)31/h4-7,10-12,19,24-26H,8-9,13-17H2,1-3H3,(H,32,33)/t24-,25+,26-,29+/m0/s1. The summed E-state index contributed by atoms with van der Waals surface area (Å²) in [5.41, 5.74) is 1.02. The molecule has 4 atom stereocenters. The molecule has 2 aliphatic carbocycles. The Kier molecular flexibility index (Phi) is 7.38. The first kappa shape index (κ1) is 26.2. The van der Waals surface area contributed by atoms with Crippen molar-refractivity contribution in [2.24, 2.45) is 5.92 Å². The van der Waals surface area contributed by atoms with Gasteiger partial charge >= 0.3 is 0 Å². The predicted octanol–water partition coefficient (Wildman–Crippen LogP) is 4.95. The molecule has 2 saturated carbocycles. The summed E-state index contributed by atoms with van der Waals surface area (Å²) in [6, 6.07) is 11.4. The number of ether oxygens (including phenoxy) is 4. The van der Waals surface area contributed by atoms with Crippen LogP contribution in [0.5, 0.6) is 0 Å². The van der Waals surface area contributed by atoms with Crippen molar-refractivity contribution in [3.63, 3.8) is 0 Å². The van der Waals surface area contributed by atoms with E-state index < -0.39 is 35.2 Å². The summed E-state index contributed by atoms with van der Waals surface area (Å²) in [5.74, 6) is -2.01. The second kappa shape index (κ2) is 10.4. The van der Waals surface area contributed by atoms with Crippen molar-refractivity contribution in [2.45, 2.75) is 89.4 Å². The predicted molar refractivity (Wildman–Crippen MR) is 132 cm³/mol. The zero-order valence-corrected chi connectivity index (χ0v) is 21.6. The Morgan fingerprint density at radius 3 is 2.51 bits per heavy atom. The number of aryl methyl sites for hydroxylation is 1. The maximum absolute atomic E-state index is 14.4. The number of carbonyl (C=O) groups is 1. The number of hydrogen-bond acceptors (Lipinski definition) is 5. The molecule has 6 nitrogen and oxygen atoms in total. The van der Waals surface area contributed by atoms with Crippen LogP contribution in [0, 0.1) is 24.5 Å². The third kappa shape index (κ3) is 6.20. The van der Waals surface area contributed by atoms with E-state index in [1.807, 2.05) is 45.0 Å². The Bertz CT molecular complexity index is 1120. The zero-order valence-electron chi connectivity index (χ0n) is 21.6. The van der Waals surface area contributed by atoms with Gasteiger partial charge in [-0.05, 0) is 51.2 Å². The Morgan fingerprint density at radius 2 is 1.81 bits per heavy atom. The fourth-order valence-electron chi connectivity index (χ4n) is 5.17. The second-order valence-corrected chi connectivity index (χ2v) is 11.1. The Labute approximate surface area is 216 Å². The molecule has 1 amide bonds. The van der Waals surface area contributed by atoms with Crippen LogP contribution in [0.1, 0.15) is 56.2 Å². The van der Waals surface area contributed by atoms with E-state index in [-0.39, 0.29) is 37.0 Å². The molecule has 2 aromatic rings. The Hall–Kier alpha value is -2.39. The number of nitrogens with one attached hydrogen (secondary N) is 1. The van der Waals surface area contributed by atoms with Gasteiger partial charge in [0, 0.05) is 31.0 Å². The second-order valence-electron chi connectivity index (χ2n) is 11.1. The highest BCUT2D eigenvalue weighted by atomic mass is 19.1. The minimum atomic E-state index is -1.32. The molecule has 3 fully saturated rings. The van der Waals surface area contributed by atoms with Crippen LogP contribution in [0.25, 0.3) is 0 Å². The number of benzene rings is 2. The molecule has 0 unspecified atom stereocenters. The van der Waals surface area contributed by atoms with Crippen molar-refractivity contribution >= 4 is 5.91 Å². The third-order valence-corrected chi connectivity index (χ3v) is 7.42. The van der Waals surface area contributed by atoms with Crippen molar-refractivity contribution in [1.82, 2.24) is 5.32 Å². The molecule has 1 heterocycles. The highest BCUT2D eigenvalue weighted by Crippen LogP contribution is 2.44. The van der Waals surface area contributed by atoms with Gasteiger partial charge < -0.3 is 24.3 Å². The lowest BCUT2D eigenvalue weighted by molar-refractivity contribution is -0.183. The minimum absolute atomic E-state index is 0.180. The highest BCUT2D eigenvalue weighted by molar-refractivity contribution is 5.85. The number of hydrogen-bond donors (Lipinski definition) is 1. The van der Waals surface area contributed by atoms with Crippen LogP contribution in [0.2, 0.25) is 0 Å². The average molecular weight is 516 g/mol. The maximum Gasteiger partial charge on any atom is 0.252 e. The molecule has 37 heavy (non-hydrogen) atoms. The number of carbonyl (C=O) groups excluding carboxylic acids is 1. The van der Waals surface area contributed by atoms with Gasteiger partial charge in [-0.2, -0.15) is 0 Å². The van der Waals surface area contributed by atoms with Gasteiger partial charge in [-0.25, -0.2) is 8.78 Å². The first-order valence-corrected chi connectivity index (χ1v) is 13.0. The van der Waals surface area contributed by atoms with Crippen molar-refractivity contribution in [3.8, 4) is 0 Å². The Balaban J connectivity index is 1.40. The maximum atomic E-state index is 14.4. The molecule has 3 aliphatic rings. The van der Waals surface area contributed by atoms with E-state index in [0.717, 1.165) is 30.0 Å². The van der Waals surface area contributed by atoms with Gasteiger partial charge in [0.05, 0.1) is 25.4 Å². The van der Waals surface area contributed by atoms with Gasteiger partial charge in [0.25, 0.3) is 5.91 Å². The summed E-state index contributed by atoms with van der Waals surface area (Å²) in [4.78, 5) is 13.7. The lowest BCUT2D eigenvalue weighted by Gasteiger charge is -2.43. The quantitative estimate of drug-likeness (QED) is 0.512. The fraction of sp³-hybridized carbons (Fsp3) is 0.552. The molecule has 200 valence electrons. The summed E-state index contributed by atoms with van der Waals surface area (Å²) in [6.45, 7) is 6.43. The molecule has 0 bridgehead atoms. The number of halogens is 2. The van der Waals surface area contributed by atoms with E-state index in [4.69, 9.17) is 18.9 Å². The monoisotopic (exact) mass is 515 g/mol. The summed E-state index contributed by atoms with van der Waals surface area (Å²) in [6.07, 6.45) is 1.32. The van der Waals surface area contributed by atoms with E-state index in [1.165, 1.54) is 12.1 Å². The normalized spacial score (nSPS) is 28.6. The van der Waals surface area contributed by atoms with Crippen molar-refractivity contribution < 1.29 is 32.5 Å². The van der Waals surface area contributed by atoms with Crippen LogP contribution in [0.3, 0.4) is 0 Å². The molecule has 2 aromatic carbocycles. The van der Waals surface area contributed by atoms with Crippen molar-refractivity contribution in [3.05, 3.63) is 70.8 Å². The van der Waals surface area contributed by atoms with Crippen LogP contribution in [0.4, 0.5) is 8.78 Å².